The lowest BCUT2D eigenvalue weighted by Gasteiger charge is -2.26. The van der Waals surface area contributed by atoms with Crippen LogP contribution in [0.3, 0.4) is 0 Å². The van der Waals surface area contributed by atoms with Crippen LogP contribution in [-0.4, -0.2) is 33.7 Å². The summed E-state index contributed by atoms with van der Waals surface area (Å²) in [7, 11) is 0. The van der Waals surface area contributed by atoms with Crippen LogP contribution >= 0.6 is 11.3 Å². The van der Waals surface area contributed by atoms with Gasteiger partial charge in [0.2, 0.25) is 0 Å². The molecule has 0 aliphatic heterocycles. The molecular weight excluding hydrogens is 268 g/mol. The molecule has 0 aliphatic rings. The van der Waals surface area contributed by atoms with Crippen molar-refractivity contribution in [3.8, 4) is 10.4 Å². The molecule has 0 amide bonds. The Labute approximate surface area is 124 Å². The summed E-state index contributed by atoms with van der Waals surface area (Å²) in [5, 5.41) is 10.7. The van der Waals surface area contributed by atoms with E-state index in [1.54, 1.807) is 11.3 Å². The van der Waals surface area contributed by atoms with Crippen LogP contribution in [0.5, 0.6) is 0 Å². The van der Waals surface area contributed by atoms with E-state index in [1.165, 1.54) is 10.4 Å². The molecule has 0 fully saturated rings. The number of aliphatic hydroxyl groups is 1. The van der Waals surface area contributed by atoms with Crippen molar-refractivity contribution in [1.82, 2.24) is 9.88 Å². The molecule has 0 saturated heterocycles. The summed E-state index contributed by atoms with van der Waals surface area (Å²) in [4.78, 5) is 7.96. The summed E-state index contributed by atoms with van der Waals surface area (Å²) in [6.45, 7) is 7.59. The van der Waals surface area contributed by atoms with E-state index in [0.29, 0.717) is 12.6 Å². The van der Waals surface area contributed by atoms with Gasteiger partial charge in [0.15, 0.2) is 0 Å². The van der Waals surface area contributed by atoms with Crippen molar-refractivity contribution in [2.24, 2.45) is 0 Å². The molecule has 0 saturated carbocycles. The molecule has 0 spiro atoms. The number of rotatable bonds is 6. The van der Waals surface area contributed by atoms with Crippen LogP contribution < -0.4 is 0 Å². The van der Waals surface area contributed by atoms with Gasteiger partial charge in [0.05, 0.1) is 17.5 Å². The van der Waals surface area contributed by atoms with Gasteiger partial charge < -0.3 is 5.11 Å². The Kier molecular flexibility index (Phi) is 5.29. The first-order chi connectivity index (χ1) is 9.56. The van der Waals surface area contributed by atoms with Gasteiger partial charge in [-0.15, -0.1) is 11.3 Å². The monoisotopic (exact) mass is 290 g/mol. The van der Waals surface area contributed by atoms with E-state index in [0.717, 1.165) is 11.6 Å². The second kappa shape index (κ2) is 6.97. The molecule has 2 rings (SSSR count). The van der Waals surface area contributed by atoms with Crippen LogP contribution in [0, 0.1) is 0 Å². The molecule has 20 heavy (non-hydrogen) atoms. The topological polar surface area (TPSA) is 36.4 Å². The van der Waals surface area contributed by atoms with Gasteiger partial charge in [-0.1, -0.05) is 30.3 Å². The predicted octanol–water partition coefficient (Wildman–Crippen LogP) is 3.40. The maximum atomic E-state index is 9.57. The Morgan fingerprint density at radius 1 is 1.20 bits per heavy atom. The zero-order valence-corrected chi connectivity index (χ0v) is 13.1. The standard InChI is InChI=1S/C16H22N2OS/c1-12(2)18(10-13(3)19)11-16-17-9-15(20-16)14-7-5-4-6-8-14/h4-9,12-13,19H,10-11H2,1-3H3. The van der Waals surface area contributed by atoms with Gasteiger partial charge in [-0.2, -0.15) is 0 Å². The van der Waals surface area contributed by atoms with Crippen LogP contribution in [0.4, 0.5) is 0 Å². The molecule has 1 aromatic carbocycles. The normalized spacial score (nSPS) is 13.1. The first-order valence-electron chi connectivity index (χ1n) is 6.98. The summed E-state index contributed by atoms with van der Waals surface area (Å²) in [6.07, 6.45) is 1.63. The minimum absolute atomic E-state index is 0.314. The molecule has 0 bridgehead atoms. The van der Waals surface area contributed by atoms with Gasteiger partial charge in [0.1, 0.15) is 5.01 Å². The van der Waals surface area contributed by atoms with E-state index in [1.807, 2.05) is 31.3 Å². The van der Waals surface area contributed by atoms with Crippen LogP contribution in [0.2, 0.25) is 0 Å². The fourth-order valence-electron chi connectivity index (χ4n) is 2.09. The zero-order chi connectivity index (χ0) is 14.5. The Bertz CT molecular complexity index is 522. The summed E-state index contributed by atoms with van der Waals surface area (Å²) in [5.74, 6) is 0. The Morgan fingerprint density at radius 2 is 1.90 bits per heavy atom. The lowest BCUT2D eigenvalue weighted by atomic mass is 10.2. The molecule has 1 heterocycles. The SMILES string of the molecule is CC(O)CN(Cc1ncc(-c2ccccc2)s1)C(C)C. The minimum atomic E-state index is -0.314. The summed E-state index contributed by atoms with van der Waals surface area (Å²) in [5.41, 5.74) is 1.21. The second-order valence-corrected chi connectivity index (χ2v) is 6.47. The smallest absolute Gasteiger partial charge is 0.107 e. The van der Waals surface area contributed by atoms with Gasteiger partial charge >= 0.3 is 0 Å². The van der Waals surface area contributed by atoms with Gasteiger partial charge in [0, 0.05) is 18.8 Å². The molecule has 4 heteroatoms. The quantitative estimate of drug-likeness (QED) is 0.886. The molecule has 2 aromatic rings. The fraction of sp³-hybridized carbons (Fsp3) is 0.438. The zero-order valence-electron chi connectivity index (χ0n) is 12.3. The molecule has 3 nitrogen and oxygen atoms in total. The number of aromatic nitrogens is 1. The molecule has 1 aromatic heterocycles. The average molecular weight is 290 g/mol. The van der Waals surface area contributed by atoms with Crippen LogP contribution in [0.15, 0.2) is 36.5 Å². The summed E-state index contributed by atoms with van der Waals surface area (Å²) >= 11 is 1.72. The van der Waals surface area contributed by atoms with Crippen LogP contribution in [-0.2, 0) is 6.54 Å². The highest BCUT2D eigenvalue weighted by atomic mass is 32.1. The van der Waals surface area contributed by atoms with E-state index in [4.69, 9.17) is 0 Å². The highest BCUT2D eigenvalue weighted by Gasteiger charge is 2.14. The van der Waals surface area contributed by atoms with E-state index in [2.05, 4.69) is 35.9 Å². The van der Waals surface area contributed by atoms with Crippen LogP contribution in [0.1, 0.15) is 25.8 Å². The maximum Gasteiger partial charge on any atom is 0.107 e. The van der Waals surface area contributed by atoms with E-state index in [9.17, 15) is 5.11 Å². The van der Waals surface area contributed by atoms with Crippen LogP contribution in [0.25, 0.3) is 10.4 Å². The number of hydrogen-bond donors (Lipinski definition) is 1. The molecule has 108 valence electrons. The third kappa shape index (κ3) is 4.13. The number of aliphatic hydroxyl groups excluding tert-OH is 1. The van der Waals surface area contributed by atoms with Crippen molar-refractivity contribution < 1.29 is 5.11 Å². The Balaban J connectivity index is 2.08. The molecule has 1 unspecified atom stereocenters. The summed E-state index contributed by atoms with van der Waals surface area (Å²) < 4.78 is 0. The first-order valence-corrected chi connectivity index (χ1v) is 7.80. The molecule has 1 N–H and O–H groups in total. The van der Waals surface area contributed by atoms with E-state index >= 15 is 0 Å². The Morgan fingerprint density at radius 3 is 2.50 bits per heavy atom. The van der Waals surface area contributed by atoms with Crippen molar-refractivity contribution in [2.45, 2.75) is 39.5 Å². The van der Waals surface area contributed by atoms with Gasteiger partial charge in [-0.25, -0.2) is 4.98 Å². The average Bonchev–Trinajstić information content (AvgIpc) is 2.87. The fourth-order valence-corrected chi connectivity index (χ4v) is 3.04. The van der Waals surface area contributed by atoms with Crippen molar-refractivity contribution >= 4 is 11.3 Å². The highest BCUT2D eigenvalue weighted by molar-refractivity contribution is 7.15. The summed E-state index contributed by atoms with van der Waals surface area (Å²) in [6, 6.07) is 10.7. The number of hydrogen-bond acceptors (Lipinski definition) is 4. The van der Waals surface area contributed by atoms with E-state index in [-0.39, 0.29) is 6.10 Å². The van der Waals surface area contributed by atoms with Crippen molar-refractivity contribution in [2.75, 3.05) is 6.54 Å². The largest absolute Gasteiger partial charge is 0.392 e. The number of benzene rings is 1. The van der Waals surface area contributed by atoms with Gasteiger partial charge in [0.25, 0.3) is 0 Å². The third-order valence-corrected chi connectivity index (χ3v) is 4.21. The highest BCUT2D eigenvalue weighted by Crippen LogP contribution is 2.26. The van der Waals surface area contributed by atoms with Crippen molar-refractivity contribution in [1.29, 1.82) is 0 Å². The molecular formula is C16H22N2OS. The lowest BCUT2D eigenvalue weighted by molar-refractivity contribution is 0.103. The number of thiazole rings is 1. The van der Waals surface area contributed by atoms with Crippen molar-refractivity contribution in [3.63, 3.8) is 0 Å². The molecule has 0 radical (unpaired) electrons. The second-order valence-electron chi connectivity index (χ2n) is 5.36. The maximum absolute atomic E-state index is 9.57. The predicted molar refractivity (Wildman–Crippen MR) is 84.8 cm³/mol. The van der Waals surface area contributed by atoms with Gasteiger partial charge in [-0.05, 0) is 26.3 Å². The Hall–Kier alpha value is -1.23. The van der Waals surface area contributed by atoms with Gasteiger partial charge in [-0.3, -0.25) is 4.90 Å². The van der Waals surface area contributed by atoms with E-state index < -0.39 is 0 Å². The molecule has 0 aliphatic carbocycles. The minimum Gasteiger partial charge on any atom is -0.392 e. The third-order valence-electron chi connectivity index (χ3n) is 3.18. The molecule has 1 atom stereocenters. The lowest BCUT2D eigenvalue weighted by Crippen LogP contribution is -2.35. The van der Waals surface area contributed by atoms with Crippen molar-refractivity contribution in [3.05, 3.63) is 41.5 Å². The first kappa shape index (κ1) is 15.2. The number of nitrogens with zero attached hydrogens (tertiary/aromatic N) is 2.